The first-order chi connectivity index (χ1) is 23.5. The molecule has 0 amide bonds. The van der Waals surface area contributed by atoms with E-state index < -0.39 is 0 Å². The third kappa shape index (κ3) is 14.1. The molecule has 5 nitrogen and oxygen atoms in total. The molecule has 1 N–H and O–H groups in total. The van der Waals surface area contributed by atoms with E-state index in [1.54, 1.807) is 0 Å². The predicted molar refractivity (Wildman–Crippen MR) is 217 cm³/mol. The van der Waals surface area contributed by atoms with E-state index in [4.69, 9.17) is 4.74 Å². The van der Waals surface area contributed by atoms with Gasteiger partial charge in [-0.05, 0) is 56.0 Å². The Balaban J connectivity index is 0.000000391. The van der Waals surface area contributed by atoms with Gasteiger partial charge in [-0.2, -0.15) is 36.7 Å². The first kappa shape index (κ1) is 45.8. The second-order valence-corrected chi connectivity index (χ2v) is 16.9. The summed E-state index contributed by atoms with van der Waals surface area (Å²) >= 11 is 0. The van der Waals surface area contributed by atoms with Gasteiger partial charge in [-0.25, -0.2) is 24.0 Å². The average Bonchev–Trinajstić information content (AvgIpc) is 3.03. The zero-order valence-electron chi connectivity index (χ0n) is 33.5. The minimum atomic E-state index is -0.387. The van der Waals surface area contributed by atoms with Crippen molar-refractivity contribution in [1.82, 2.24) is 0 Å². The van der Waals surface area contributed by atoms with Gasteiger partial charge in [0.15, 0.2) is 0 Å². The molecule has 0 aliphatic rings. The summed E-state index contributed by atoms with van der Waals surface area (Å²) in [6.45, 7) is 26.4. The number of esters is 1. The standard InChI is InChI=1S/C17H24NO2.C15H22NO.C14H12.Cr/c1-11(19)20-15-12(10-18)8-13(16(2,3)4)9-14(15)17(5,6)7;1-14(2,3)11-7-10(9-16)13(17)12(8-11)15(4,5)6;1-3-7-13(8-4-1)11-12-14-9-5-2-6-10-14;/h8-10H,1-7H3;7-9,17H,1-6H3;1-12H;/q2*-1;-2;+4. The quantitative estimate of drug-likeness (QED) is 0.0924. The second kappa shape index (κ2) is 19.0. The Morgan fingerprint density at radius 3 is 1.29 bits per heavy atom. The van der Waals surface area contributed by atoms with Crippen molar-refractivity contribution in [2.24, 2.45) is 0 Å². The van der Waals surface area contributed by atoms with Gasteiger partial charge in [-0.3, -0.25) is 4.79 Å². The van der Waals surface area contributed by atoms with Crippen LogP contribution in [0.5, 0.6) is 11.5 Å². The normalized spacial score (nSPS) is 11.3. The molecule has 4 rings (SSSR count). The van der Waals surface area contributed by atoms with Crippen molar-refractivity contribution in [1.29, 1.82) is 0 Å². The number of rotatable bonds is 6. The second-order valence-electron chi connectivity index (χ2n) is 16.9. The monoisotopic (exact) mass is 738 g/mol. The molecule has 0 atom stereocenters. The number of hydrogen-bond acceptors (Lipinski definition) is 3. The molecule has 276 valence electrons. The van der Waals surface area contributed by atoms with Gasteiger partial charge in [0.1, 0.15) is 11.5 Å². The van der Waals surface area contributed by atoms with Crippen LogP contribution in [-0.4, -0.2) is 23.5 Å². The number of hydrogen-bond donors (Lipinski definition) is 1. The summed E-state index contributed by atoms with van der Waals surface area (Å²) in [4.78, 5) is 11.3. The molecule has 0 heterocycles. The zero-order chi connectivity index (χ0) is 38.8. The Labute approximate surface area is 325 Å². The topological polar surface area (TPSA) is 91.1 Å². The van der Waals surface area contributed by atoms with Crippen LogP contribution >= 0.6 is 0 Å². The first-order valence-electron chi connectivity index (χ1n) is 17.5. The first-order valence-corrected chi connectivity index (χ1v) is 17.5. The molecule has 0 unspecified atom stereocenters. The van der Waals surface area contributed by atoms with Crippen LogP contribution in [0.25, 0.3) is 10.8 Å². The van der Waals surface area contributed by atoms with E-state index in [9.17, 15) is 20.7 Å². The van der Waals surface area contributed by atoms with Crippen LogP contribution in [0.15, 0.2) is 84.9 Å². The molecular formula is C46H58CrN2O3. The molecule has 0 aromatic heterocycles. The van der Waals surface area contributed by atoms with E-state index in [-0.39, 0.29) is 50.7 Å². The van der Waals surface area contributed by atoms with E-state index in [2.05, 4.69) is 126 Å². The smallest absolute Gasteiger partial charge is 0.810 e. The number of aromatic hydroxyl groups is 1. The van der Waals surface area contributed by atoms with Crippen molar-refractivity contribution >= 4 is 18.4 Å². The maximum Gasteiger partial charge on any atom is 4.00 e. The van der Waals surface area contributed by atoms with Gasteiger partial charge in [0.25, 0.3) is 0 Å². The summed E-state index contributed by atoms with van der Waals surface area (Å²) in [5.74, 6) is 0.232. The maximum absolute atomic E-state index is 11.3. The van der Waals surface area contributed by atoms with Crippen molar-refractivity contribution in [3.63, 3.8) is 0 Å². The molecule has 0 aliphatic carbocycles. The Kier molecular flexibility index (Phi) is 16.7. The maximum atomic E-state index is 11.3. The summed E-state index contributed by atoms with van der Waals surface area (Å²) in [6, 6.07) is 28.4. The molecule has 0 saturated carbocycles. The Hall–Kier alpha value is -4.24. The summed E-state index contributed by atoms with van der Waals surface area (Å²) in [5.41, 5.74) is 7.09. The van der Waals surface area contributed by atoms with Crippen molar-refractivity contribution in [3.8, 4) is 11.5 Å². The fraction of sp³-hybridized carbons (Fsp3) is 0.370. The van der Waals surface area contributed by atoms with Gasteiger partial charge in [0.05, 0.1) is 0 Å². The molecule has 6 heteroatoms. The van der Waals surface area contributed by atoms with Gasteiger partial charge in [-0.1, -0.05) is 107 Å². The van der Waals surface area contributed by atoms with Gasteiger partial charge in [0.2, 0.25) is 0 Å². The minimum absolute atomic E-state index is 0. The molecule has 52 heavy (non-hydrogen) atoms. The molecule has 0 aliphatic heterocycles. The molecule has 0 fully saturated rings. The van der Waals surface area contributed by atoms with E-state index >= 15 is 0 Å². The van der Waals surface area contributed by atoms with E-state index in [1.807, 2.05) is 54.6 Å². The van der Waals surface area contributed by atoms with Gasteiger partial charge < -0.3 is 20.7 Å². The third-order valence-corrected chi connectivity index (χ3v) is 8.20. The van der Waals surface area contributed by atoms with Crippen LogP contribution in [0.2, 0.25) is 0 Å². The van der Waals surface area contributed by atoms with Crippen LogP contribution in [0.4, 0.5) is 0 Å². The van der Waals surface area contributed by atoms with Crippen LogP contribution in [0, 0.1) is 12.8 Å². The van der Waals surface area contributed by atoms with Crippen LogP contribution in [0.3, 0.4) is 0 Å². The number of nitrogens with zero attached hydrogens (tertiary/aromatic N) is 2. The molecule has 0 bridgehead atoms. The third-order valence-electron chi connectivity index (χ3n) is 8.20. The largest absolute Gasteiger partial charge is 4.00 e. The number of phenols is 1. The summed E-state index contributed by atoms with van der Waals surface area (Å²) in [7, 11) is 0. The average molecular weight is 739 g/mol. The van der Waals surface area contributed by atoms with Crippen molar-refractivity contribution in [2.75, 3.05) is 0 Å². The Morgan fingerprint density at radius 2 is 0.962 bits per heavy atom. The Morgan fingerprint density at radius 1 is 0.596 bits per heavy atom. The van der Waals surface area contributed by atoms with Gasteiger partial charge in [-0.15, -0.1) is 24.3 Å². The predicted octanol–water partition coefficient (Wildman–Crippen LogP) is 11.7. The number of carbonyl (C=O) groups is 1. The molecule has 0 saturated heterocycles. The van der Waals surface area contributed by atoms with E-state index in [1.165, 1.54) is 18.1 Å². The fourth-order valence-electron chi connectivity index (χ4n) is 5.08. The van der Waals surface area contributed by atoms with Gasteiger partial charge in [0, 0.05) is 18.1 Å². The molecule has 0 radical (unpaired) electrons. The number of carbonyl (C=O) groups excluding carboxylic acids is 1. The summed E-state index contributed by atoms with van der Waals surface area (Å²) < 4.78 is 5.33. The van der Waals surface area contributed by atoms with Crippen molar-refractivity contribution in [2.45, 2.75) is 112 Å². The molecule has 4 aromatic carbocycles. The molecular weight excluding hydrogens is 681 g/mol. The van der Waals surface area contributed by atoms with Crippen LogP contribution < -0.4 is 4.74 Å². The van der Waals surface area contributed by atoms with Crippen molar-refractivity contribution < 1.29 is 32.0 Å². The number of phenolic OH excluding ortho intramolecular Hbond substituents is 1. The number of ether oxygens (including phenoxy) is 1. The SMILES string of the molecule is CC(=O)Oc1c(C=[N-])cc(C(C)(C)C)cc1C(C)(C)C.CC(C)(C)c1cc(C=[N-])c(O)c(C(C)(C)C)c1.[Cr+4].c1ccc([CH-][CH-]c2ccccc2)cc1. The van der Waals surface area contributed by atoms with E-state index in [0.29, 0.717) is 16.9 Å². The van der Waals surface area contributed by atoms with Crippen LogP contribution in [-0.2, 0) is 43.8 Å². The number of benzene rings is 4. The zero-order valence-corrected chi connectivity index (χ0v) is 34.7. The van der Waals surface area contributed by atoms with Gasteiger partial charge >= 0.3 is 23.3 Å². The minimum Gasteiger partial charge on any atom is -0.810 e. The molecule has 0 spiro atoms. The Bertz CT molecular complexity index is 1710. The summed E-state index contributed by atoms with van der Waals surface area (Å²) in [5, 5.41) is 28.8. The fourth-order valence-corrected chi connectivity index (χ4v) is 5.08. The van der Waals surface area contributed by atoms with E-state index in [0.717, 1.165) is 34.7 Å². The van der Waals surface area contributed by atoms with Crippen LogP contribution in [0.1, 0.15) is 135 Å². The summed E-state index contributed by atoms with van der Waals surface area (Å²) in [6.07, 6.45) is 6.22. The van der Waals surface area contributed by atoms with Crippen molar-refractivity contribution in [3.05, 3.63) is 153 Å². The molecule has 4 aromatic rings.